The Labute approximate surface area is 92.1 Å². The maximum Gasteiger partial charge on any atom is 0.191 e. The summed E-state index contributed by atoms with van der Waals surface area (Å²) in [7, 11) is 0. The van der Waals surface area contributed by atoms with Crippen molar-refractivity contribution in [3.05, 3.63) is 0 Å². The van der Waals surface area contributed by atoms with Crippen LogP contribution in [0.5, 0.6) is 0 Å². The molecule has 0 amide bonds. The fourth-order valence-electron chi connectivity index (χ4n) is 2.02. The molecule has 4 nitrogen and oxygen atoms in total. The molecule has 0 aromatic rings. The molecule has 15 heavy (non-hydrogen) atoms. The Morgan fingerprint density at radius 2 is 2.33 bits per heavy atom. The van der Waals surface area contributed by atoms with E-state index in [0.29, 0.717) is 6.04 Å². The quantitative estimate of drug-likeness (QED) is 0.690. The van der Waals surface area contributed by atoms with Gasteiger partial charge in [0.25, 0.3) is 0 Å². The molecule has 86 valence electrons. The highest BCUT2D eigenvalue weighted by molar-refractivity contribution is 5.81. The standard InChI is InChI=1S/C11H22N4/c1-3-15(10-4-5-10)7-6-12-11-13-8-9(2)14-11/h9-10H,3-8H2,1-2H3,(H2,12,13,14). The van der Waals surface area contributed by atoms with Crippen LogP contribution in [-0.2, 0) is 0 Å². The lowest BCUT2D eigenvalue weighted by molar-refractivity contribution is 0.282. The number of hydrogen-bond acceptors (Lipinski definition) is 4. The summed E-state index contributed by atoms with van der Waals surface area (Å²) in [6.45, 7) is 8.61. The highest BCUT2D eigenvalue weighted by atomic mass is 15.3. The minimum Gasteiger partial charge on any atom is -0.355 e. The second-order valence-electron chi connectivity index (χ2n) is 4.52. The van der Waals surface area contributed by atoms with E-state index in [4.69, 9.17) is 0 Å². The Balaban J connectivity index is 1.61. The molecule has 0 radical (unpaired) electrons. The van der Waals surface area contributed by atoms with Crippen LogP contribution in [0.3, 0.4) is 0 Å². The topological polar surface area (TPSA) is 39.7 Å². The van der Waals surface area contributed by atoms with Crippen molar-refractivity contribution in [1.82, 2.24) is 15.5 Å². The van der Waals surface area contributed by atoms with Gasteiger partial charge in [-0.15, -0.1) is 0 Å². The van der Waals surface area contributed by atoms with Gasteiger partial charge < -0.3 is 10.6 Å². The van der Waals surface area contributed by atoms with Crippen molar-refractivity contribution in [1.29, 1.82) is 0 Å². The van der Waals surface area contributed by atoms with Gasteiger partial charge in [0.05, 0.1) is 6.54 Å². The summed E-state index contributed by atoms with van der Waals surface area (Å²) in [5.41, 5.74) is 0. The van der Waals surface area contributed by atoms with E-state index >= 15 is 0 Å². The third kappa shape index (κ3) is 3.09. The molecular weight excluding hydrogens is 188 g/mol. The van der Waals surface area contributed by atoms with Gasteiger partial charge in [-0.05, 0) is 26.3 Å². The molecule has 1 heterocycles. The molecule has 0 spiro atoms. The van der Waals surface area contributed by atoms with E-state index in [1.54, 1.807) is 0 Å². The highest BCUT2D eigenvalue weighted by Gasteiger charge is 2.27. The minimum absolute atomic E-state index is 0.498. The zero-order valence-electron chi connectivity index (χ0n) is 9.79. The Morgan fingerprint density at radius 3 is 2.87 bits per heavy atom. The smallest absolute Gasteiger partial charge is 0.191 e. The van der Waals surface area contributed by atoms with Gasteiger partial charge in [-0.1, -0.05) is 6.92 Å². The molecule has 1 atom stereocenters. The molecule has 1 fully saturated rings. The van der Waals surface area contributed by atoms with E-state index in [-0.39, 0.29) is 0 Å². The Morgan fingerprint density at radius 1 is 1.53 bits per heavy atom. The van der Waals surface area contributed by atoms with Crippen LogP contribution in [0.4, 0.5) is 0 Å². The highest BCUT2D eigenvalue weighted by Crippen LogP contribution is 2.25. The second-order valence-corrected chi connectivity index (χ2v) is 4.52. The molecular formula is C11H22N4. The average Bonchev–Trinajstić information content (AvgIpc) is 2.98. The maximum absolute atomic E-state index is 4.38. The molecule has 2 rings (SSSR count). The molecule has 1 aliphatic heterocycles. The van der Waals surface area contributed by atoms with Crippen LogP contribution >= 0.6 is 0 Å². The van der Waals surface area contributed by atoms with Crippen LogP contribution in [0.15, 0.2) is 4.99 Å². The normalized spacial score (nSPS) is 25.3. The largest absolute Gasteiger partial charge is 0.355 e. The van der Waals surface area contributed by atoms with E-state index in [2.05, 4.69) is 34.4 Å². The predicted octanol–water partition coefficient (Wildman–Crippen LogP) is 0.408. The van der Waals surface area contributed by atoms with E-state index in [1.807, 2.05) is 0 Å². The number of aliphatic imine (C=N–C) groups is 1. The molecule has 0 bridgehead atoms. The average molecular weight is 210 g/mol. The number of rotatable bonds is 5. The van der Waals surface area contributed by atoms with E-state index < -0.39 is 0 Å². The molecule has 2 aliphatic rings. The van der Waals surface area contributed by atoms with Gasteiger partial charge in [0.15, 0.2) is 5.96 Å². The van der Waals surface area contributed by atoms with Crippen LogP contribution in [0.25, 0.3) is 0 Å². The van der Waals surface area contributed by atoms with Crippen LogP contribution in [-0.4, -0.2) is 49.1 Å². The van der Waals surface area contributed by atoms with Crippen LogP contribution in [0.2, 0.25) is 0 Å². The van der Waals surface area contributed by atoms with E-state index in [0.717, 1.165) is 31.6 Å². The van der Waals surface area contributed by atoms with Crippen LogP contribution in [0, 0.1) is 0 Å². The summed E-state index contributed by atoms with van der Waals surface area (Å²) in [5, 5.41) is 6.67. The molecule has 0 aromatic carbocycles. The molecule has 1 saturated carbocycles. The van der Waals surface area contributed by atoms with Crippen molar-refractivity contribution in [2.75, 3.05) is 26.2 Å². The number of nitrogens with zero attached hydrogens (tertiary/aromatic N) is 2. The first-order chi connectivity index (χ1) is 7.29. The lowest BCUT2D eigenvalue weighted by atomic mass is 10.4. The van der Waals surface area contributed by atoms with Crippen molar-refractivity contribution < 1.29 is 0 Å². The molecule has 2 N–H and O–H groups in total. The second kappa shape index (κ2) is 4.84. The summed E-state index contributed by atoms with van der Waals surface area (Å²) in [4.78, 5) is 6.92. The predicted molar refractivity (Wildman–Crippen MR) is 63.2 cm³/mol. The zero-order chi connectivity index (χ0) is 10.7. The fourth-order valence-corrected chi connectivity index (χ4v) is 2.02. The van der Waals surface area contributed by atoms with Gasteiger partial charge in [-0.2, -0.15) is 0 Å². The summed E-state index contributed by atoms with van der Waals surface area (Å²) in [6.07, 6.45) is 2.79. The Hall–Kier alpha value is -0.770. The fraction of sp³-hybridized carbons (Fsp3) is 0.909. The first kappa shape index (κ1) is 10.7. The lowest BCUT2D eigenvalue weighted by Crippen LogP contribution is -2.41. The third-order valence-electron chi connectivity index (χ3n) is 3.07. The lowest BCUT2D eigenvalue weighted by Gasteiger charge is -2.20. The summed E-state index contributed by atoms with van der Waals surface area (Å²) >= 11 is 0. The first-order valence-corrected chi connectivity index (χ1v) is 6.08. The number of guanidine groups is 1. The zero-order valence-corrected chi connectivity index (χ0v) is 9.79. The SMILES string of the molecule is CCN(CCNC1=NCC(C)N1)C1CC1. The van der Waals surface area contributed by atoms with Crippen molar-refractivity contribution in [3.8, 4) is 0 Å². The summed E-state index contributed by atoms with van der Waals surface area (Å²) in [6, 6.07) is 1.37. The van der Waals surface area contributed by atoms with Crippen molar-refractivity contribution in [3.63, 3.8) is 0 Å². The van der Waals surface area contributed by atoms with Crippen molar-refractivity contribution in [2.24, 2.45) is 4.99 Å². The number of likely N-dealkylation sites (N-methyl/N-ethyl adjacent to an activating group) is 1. The van der Waals surface area contributed by atoms with Gasteiger partial charge in [0.2, 0.25) is 0 Å². The number of nitrogens with one attached hydrogen (secondary N) is 2. The Bertz CT molecular complexity index is 235. The van der Waals surface area contributed by atoms with Crippen molar-refractivity contribution in [2.45, 2.75) is 38.8 Å². The van der Waals surface area contributed by atoms with Gasteiger partial charge in [0.1, 0.15) is 0 Å². The minimum atomic E-state index is 0.498. The third-order valence-corrected chi connectivity index (χ3v) is 3.07. The van der Waals surface area contributed by atoms with E-state index in [1.165, 1.54) is 19.4 Å². The molecule has 1 aliphatic carbocycles. The summed E-state index contributed by atoms with van der Waals surface area (Å²) < 4.78 is 0. The van der Waals surface area contributed by atoms with Crippen LogP contribution in [0.1, 0.15) is 26.7 Å². The van der Waals surface area contributed by atoms with Gasteiger partial charge in [0, 0.05) is 25.2 Å². The Kier molecular flexibility index (Phi) is 3.46. The summed E-state index contributed by atoms with van der Waals surface area (Å²) in [5.74, 6) is 0.981. The van der Waals surface area contributed by atoms with Gasteiger partial charge in [-0.25, -0.2) is 0 Å². The van der Waals surface area contributed by atoms with Crippen LogP contribution < -0.4 is 10.6 Å². The molecule has 0 saturated heterocycles. The van der Waals surface area contributed by atoms with Gasteiger partial charge in [-0.3, -0.25) is 9.89 Å². The maximum atomic E-state index is 4.38. The van der Waals surface area contributed by atoms with Crippen molar-refractivity contribution >= 4 is 5.96 Å². The first-order valence-electron chi connectivity index (χ1n) is 6.08. The molecule has 4 heteroatoms. The molecule has 1 unspecified atom stereocenters. The van der Waals surface area contributed by atoms with E-state index in [9.17, 15) is 0 Å². The monoisotopic (exact) mass is 210 g/mol. The number of hydrogen-bond donors (Lipinski definition) is 2. The molecule has 0 aromatic heterocycles. The van der Waals surface area contributed by atoms with Gasteiger partial charge >= 0.3 is 0 Å².